The highest BCUT2D eigenvalue weighted by atomic mass is 79.9. The van der Waals surface area contributed by atoms with Gasteiger partial charge in [-0.05, 0) is 15.9 Å². The largest absolute Gasteiger partial charge is 0.469 e. The molecular weight excluding hydrogens is 429 g/mol. The van der Waals surface area contributed by atoms with Gasteiger partial charge in [0.1, 0.15) is 18.3 Å². The van der Waals surface area contributed by atoms with Crippen LogP contribution in [0.4, 0.5) is 0 Å². The van der Waals surface area contributed by atoms with E-state index in [0.717, 1.165) is 0 Å². The van der Waals surface area contributed by atoms with Crippen LogP contribution in [0, 0.1) is 0 Å². The number of nitrogens with zero attached hydrogens (tertiary/aromatic N) is 4. The molecule has 3 aliphatic rings. The minimum atomic E-state index is -4.78. The van der Waals surface area contributed by atoms with Gasteiger partial charge in [-0.1, -0.05) is 0 Å². The topological polar surface area (TPSA) is 200 Å². The third kappa shape index (κ3) is 3.52. The zero-order valence-electron chi connectivity index (χ0n) is 12.2. The smallest absolute Gasteiger partial charge is 0.387 e. The molecule has 6 N–H and O–H groups in total. The molecule has 0 aromatic rings. The molecule has 15 heteroatoms. The van der Waals surface area contributed by atoms with E-state index >= 15 is 0 Å². The van der Waals surface area contributed by atoms with Crippen LogP contribution < -0.4 is 5.73 Å². The summed E-state index contributed by atoms with van der Waals surface area (Å²) in [6.07, 6.45) is -5.51. The van der Waals surface area contributed by atoms with Crippen molar-refractivity contribution in [3.63, 3.8) is 0 Å². The molecule has 25 heavy (non-hydrogen) atoms. The van der Waals surface area contributed by atoms with Gasteiger partial charge in [-0.2, -0.15) is 9.98 Å². The molecule has 3 aliphatic heterocycles. The van der Waals surface area contributed by atoms with Crippen LogP contribution in [0.25, 0.3) is 0 Å². The first-order chi connectivity index (χ1) is 11.6. The van der Waals surface area contributed by atoms with Crippen LogP contribution in [0.5, 0.6) is 0 Å². The Morgan fingerprint density at radius 1 is 1.32 bits per heavy atom. The maximum absolute atomic E-state index is 11.9. The van der Waals surface area contributed by atoms with Gasteiger partial charge in [0.2, 0.25) is 5.96 Å². The number of phosphoric acid groups is 1. The Kier molecular flexibility index (Phi) is 4.81. The summed E-state index contributed by atoms with van der Waals surface area (Å²) in [6, 6.07) is -1.07. The number of phosphoric ester groups is 1. The number of halogens is 1. The molecule has 3 rings (SSSR count). The molecule has 1 fully saturated rings. The quantitative estimate of drug-likeness (QED) is 0.224. The first kappa shape index (κ1) is 18.5. The van der Waals surface area contributed by atoms with Crippen molar-refractivity contribution in [1.29, 1.82) is 0 Å². The van der Waals surface area contributed by atoms with Crippen molar-refractivity contribution in [3.05, 3.63) is 0 Å². The second-order valence-electron chi connectivity index (χ2n) is 5.28. The van der Waals surface area contributed by atoms with E-state index < -0.39 is 50.9 Å². The molecule has 1 amide bonds. The van der Waals surface area contributed by atoms with Gasteiger partial charge in [0.05, 0.1) is 6.61 Å². The molecule has 0 spiro atoms. The van der Waals surface area contributed by atoms with E-state index in [4.69, 9.17) is 20.3 Å². The number of ether oxygens (including phenoxy) is 1. The summed E-state index contributed by atoms with van der Waals surface area (Å²) >= 11 is 3.11. The number of guanidine groups is 1. The van der Waals surface area contributed by atoms with Gasteiger partial charge < -0.3 is 30.5 Å². The number of nitrogens with two attached hydrogens (primary N) is 1. The summed E-state index contributed by atoms with van der Waals surface area (Å²) in [7, 11) is -4.78. The van der Waals surface area contributed by atoms with Crippen LogP contribution in [0.15, 0.2) is 15.0 Å². The number of amidine groups is 2. The molecule has 3 heterocycles. The highest BCUT2D eigenvalue weighted by Crippen LogP contribution is 2.38. The highest BCUT2D eigenvalue weighted by molar-refractivity contribution is 9.18. The molecule has 13 nitrogen and oxygen atoms in total. The van der Waals surface area contributed by atoms with Crippen molar-refractivity contribution in [3.8, 4) is 0 Å². The van der Waals surface area contributed by atoms with Gasteiger partial charge in [0.15, 0.2) is 22.9 Å². The molecule has 138 valence electrons. The van der Waals surface area contributed by atoms with Crippen LogP contribution in [-0.4, -0.2) is 84.5 Å². The van der Waals surface area contributed by atoms with E-state index in [0.29, 0.717) is 0 Å². The number of carbonyl (C=O) groups is 1. The van der Waals surface area contributed by atoms with Crippen LogP contribution >= 0.6 is 23.8 Å². The van der Waals surface area contributed by atoms with Crippen molar-refractivity contribution >= 4 is 46.2 Å². The SMILES string of the molecule is NC1=NC(=O)C2N=C(Br)N(C3OC(COP(=O)(O)O)C(O)C3O)C2=N1. The number of hydrogen-bond acceptors (Lipinski definition) is 10. The molecule has 1 saturated heterocycles. The van der Waals surface area contributed by atoms with E-state index in [9.17, 15) is 19.6 Å². The Morgan fingerprint density at radius 2 is 2.00 bits per heavy atom. The summed E-state index contributed by atoms with van der Waals surface area (Å²) in [5.74, 6) is -0.915. The third-order valence-electron chi connectivity index (χ3n) is 3.61. The van der Waals surface area contributed by atoms with Gasteiger partial charge in [-0.3, -0.25) is 14.2 Å². The number of fused-ring (bicyclic) bond motifs is 1. The maximum atomic E-state index is 11.9. The van der Waals surface area contributed by atoms with Crippen LogP contribution in [0.1, 0.15) is 0 Å². The van der Waals surface area contributed by atoms with E-state index in [-0.39, 0.29) is 16.5 Å². The standard InChI is InChI=1S/C10H13BrN5O8P/c11-9-13-3-6(14-10(12)15-7(3)19)16(9)8-5(18)4(17)2(24-8)1-23-25(20,21)22/h2-5,8,17-18H,1H2,(H2,12,15,19)(H2,20,21,22). The highest BCUT2D eigenvalue weighted by Gasteiger charge is 2.52. The second-order valence-corrected chi connectivity index (χ2v) is 7.23. The lowest BCUT2D eigenvalue weighted by atomic mass is 10.1. The van der Waals surface area contributed by atoms with Crippen molar-refractivity contribution in [2.75, 3.05) is 6.61 Å². The molecule has 0 bridgehead atoms. The van der Waals surface area contributed by atoms with Crippen molar-refractivity contribution < 1.29 is 38.6 Å². The summed E-state index contributed by atoms with van der Waals surface area (Å²) in [5, 5.41) is 20.2. The number of aliphatic hydroxyl groups excluding tert-OH is 2. The fourth-order valence-corrected chi connectivity index (χ4v) is 3.47. The van der Waals surface area contributed by atoms with Crippen molar-refractivity contribution in [2.45, 2.75) is 30.6 Å². The molecule has 5 atom stereocenters. The average Bonchev–Trinajstić information content (AvgIpc) is 2.95. The Hall–Kier alpha value is -1.25. The average molecular weight is 442 g/mol. The van der Waals surface area contributed by atoms with Crippen LogP contribution in [0.3, 0.4) is 0 Å². The van der Waals surface area contributed by atoms with Crippen molar-refractivity contribution in [2.24, 2.45) is 20.7 Å². The summed E-state index contributed by atoms with van der Waals surface area (Å²) in [6.45, 7) is -0.667. The minimum Gasteiger partial charge on any atom is -0.387 e. The molecule has 0 aromatic heterocycles. The van der Waals surface area contributed by atoms with E-state index in [1.54, 1.807) is 0 Å². The van der Waals surface area contributed by atoms with Crippen LogP contribution in [-0.2, 0) is 18.6 Å². The van der Waals surface area contributed by atoms with Crippen molar-refractivity contribution in [1.82, 2.24) is 4.90 Å². The number of aliphatic imine (C=N–C) groups is 3. The maximum Gasteiger partial charge on any atom is 0.469 e. The number of carbonyl (C=O) groups excluding carboxylic acids is 1. The number of hydrogen-bond donors (Lipinski definition) is 5. The monoisotopic (exact) mass is 441 g/mol. The number of aliphatic hydroxyl groups is 2. The summed E-state index contributed by atoms with van der Waals surface area (Å²) in [5.41, 5.74) is 5.46. The van der Waals surface area contributed by atoms with Gasteiger partial charge in [0, 0.05) is 0 Å². The van der Waals surface area contributed by atoms with Gasteiger partial charge in [0.25, 0.3) is 5.91 Å². The lowest BCUT2D eigenvalue weighted by Gasteiger charge is -2.28. The zero-order valence-corrected chi connectivity index (χ0v) is 14.7. The molecule has 0 radical (unpaired) electrons. The fraction of sp³-hybridized carbons (Fsp3) is 0.600. The van der Waals surface area contributed by atoms with Gasteiger partial charge >= 0.3 is 7.82 Å². The zero-order chi connectivity index (χ0) is 18.5. The lowest BCUT2D eigenvalue weighted by molar-refractivity contribution is -0.117. The van der Waals surface area contributed by atoms with Crippen LogP contribution in [0.2, 0.25) is 0 Å². The number of amides is 1. The molecule has 0 aromatic carbocycles. The van der Waals surface area contributed by atoms with Gasteiger partial charge in [-0.25, -0.2) is 9.56 Å². The summed E-state index contributed by atoms with van der Waals surface area (Å²) in [4.78, 5) is 41.9. The normalized spacial score (nSPS) is 35.4. The summed E-state index contributed by atoms with van der Waals surface area (Å²) < 4.78 is 20.6. The first-order valence-electron chi connectivity index (χ1n) is 6.79. The molecule has 5 unspecified atom stereocenters. The molecule has 0 aliphatic carbocycles. The molecule has 0 saturated carbocycles. The third-order valence-corrected chi connectivity index (χ3v) is 4.68. The van der Waals surface area contributed by atoms with E-state index in [1.165, 1.54) is 4.90 Å². The Labute approximate surface area is 148 Å². The van der Waals surface area contributed by atoms with E-state index in [1.807, 2.05) is 0 Å². The predicted octanol–water partition coefficient (Wildman–Crippen LogP) is -2.77. The fourth-order valence-electron chi connectivity index (χ4n) is 2.54. The Morgan fingerprint density at radius 3 is 2.64 bits per heavy atom. The predicted molar refractivity (Wildman–Crippen MR) is 84.7 cm³/mol. The number of rotatable bonds is 4. The second kappa shape index (κ2) is 6.48. The first-order valence-corrected chi connectivity index (χ1v) is 9.11. The Balaban J connectivity index is 1.82. The van der Waals surface area contributed by atoms with E-state index in [2.05, 4.69) is 35.4 Å². The Bertz CT molecular complexity index is 737. The minimum absolute atomic E-state index is 0.0391. The van der Waals surface area contributed by atoms with Gasteiger partial charge in [-0.15, -0.1) is 0 Å². The lowest BCUT2D eigenvalue weighted by Crippen LogP contribution is -2.50. The molecular formula is C10H13BrN5O8P.